The number of anilines is 2. The third-order valence-corrected chi connectivity index (χ3v) is 2.71. The van der Waals surface area contributed by atoms with Crippen molar-refractivity contribution in [2.24, 2.45) is 0 Å². The number of pyridine rings is 1. The van der Waals surface area contributed by atoms with Crippen LogP contribution in [0.4, 0.5) is 15.9 Å². The molecule has 0 aliphatic heterocycles. The molecule has 0 saturated heterocycles. The van der Waals surface area contributed by atoms with Crippen LogP contribution in [0.15, 0.2) is 41.0 Å². The van der Waals surface area contributed by atoms with Crippen molar-refractivity contribution in [3.05, 3.63) is 52.4 Å². The summed E-state index contributed by atoms with van der Waals surface area (Å²) < 4.78 is 14.1. The van der Waals surface area contributed by atoms with E-state index in [4.69, 9.17) is 5.73 Å². The number of rotatable bonds is 2. The minimum Gasteiger partial charge on any atom is -0.384 e. The van der Waals surface area contributed by atoms with E-state index in [-0.39, 0.29) is 11.5 Å². The van der Waals surface area contributed by atoms with Crippen LogP contribution in [0, 0.1) is 5.82 Å². The smallest absolute Gasteiger partial charge is 0.255 e. The number of nitrogens with two attached hydrogens (primary N) is 1. The van der Waals surface area contributed by atoms with Gasteiger partial charge in [-0.05, 0) is 30.3 Å². The summed E-state index contributed by atoms with van der Waals surface area (Å²) in [7, 11) is 0. The lowest BCUT2D eigenvalue weighted by molar-refractivity contribution is 0.102. The summed E-state index contributed by atoms with van der Waals surface area (Å²) in [4.78, 5) is 15.6. The van der Waals surface area contributed by atoms with Crippen LogP contribution < -0.4 is 11.1 Å². The first-order valence-corrected chi connectivity index (χ1v) is 5.83. The van der Waals surface area contributed by atoms with Crippen molar-refractivity contribution in [2.75, 3.05) is 11.1 Å². The molecule has 1 aromatic heterocycles. The number of carbonyl (C=O) groups is 1. The molecule has 0 bridgehead atoms. The Morgan fingerprint density at radius 3 is 2.83 bits per heavy atom. The summed E-state index contributed by atoms with van der Waals surface area (Å²) in [5, 5.41) is 2.47. The molecule has 2 rings (SSSR count). The van der Waals surface area contributed by atoms with E-state index in [0.717, 1.165) is 0 Å². The van der Waals surface area contributed by atoms with Crippen molar-refractivity contribution in [3.8, 4) is 0 Å². The van der Waals surface area contributed by atoms with E-state index in [9.17, 15) is 9.18 Å². The van der Waals surface area contributed by atoms with Crippen molar-refractivity contribution in [1.82, 2.24) is 4.98 Å². The first-order valence-electron chi connectivity index (χ1n) is 5.04. The van der Waals surface area contributed by atoms with Crippen molar-refractivity contribution < 1.29 is 9.18 Å². The van der Waals surface area contributed by atoms with Gasteiger partial charge in [0.1, 0.15) is 11.6 Å². The highest BCUT2D eigenvalue weighted by molar-refractivity contribution is 9.10. The Balaban J connectivity index is 2.24. The molecule has 0 aliphatic rings. The monoisotopic (exact) mass is 309 g/mol. The van der Waals surface area contributed by atoms with Gasteiger partial charge >= 0.3 is 0 Å². The Hall–Kier alpha value is -1.95. The van der Waals surface area contributed by atoms with Crippen molar-refractivity contribution in [3.63, 3.8) is 0 Å². The highest BCUT2D eigenvalue weighted by Crippen LogP contribution is 2.20. The topological polar surface area (TPSA) is 68.0 Å². The zero-order chi connectivity index (χ0) is 13.1. The van der Waals surface area contributed by atoms with Gasteiger partial charge in [-0.1, -0.05) is 15.9 Å². The summed E-state index contributed by atoms with van der Waals surface area (Å²) in [6, 6.07) is 7.22. The molecule has 0 spiro atoms. The average Bonchev–Trinajstić information content (AvgIpc) is 2.34. The SMILES string of the molecule is Nc1cc(C(=O)Nc2cc(Br)ccc2F)ccn1. The third kappa shape index (κ3) is 2.84. The highest BCUT2D eigenvalue weighted by Gasteiger charge is 2.10. The van der Waals surface area contributed by atoms with Gasteiger partial charge in [-0.3, -0.25) is 4.79 Å². The largest absolute Gasteiger partial charge is 0.384 e. The predicted octanol–water partition coefficient (Wildman–Crippen LogP) is 2.82. The van der Waals surface area contributed by atoms with Crippen LogP contribution in [-0.2, 0) is 0 Å². The van der Waals surface area contributed by atoms with Crippen molar-refractivity contribution in [2.45, 2.75) is 0 Å². The van der Waals surface area contributed by atoms with Gasteiger partial charge in [0.15, 0.2) is 0 Å². The van der Waals surface area contributed by atoms with Gasteiger partial charge < -0.3 is 11.1 Å². The summed E-state index contributed by atoms with van der Waals surface area (Å²) >= 11 is 3.21. The van der Waals surface area contributed by atoms with Gasteiger partial charge in [-0.25, -0.2) is 9.37 Å². The normalized spacial score (nSPS) is 10.1. The maximum absolute atomic E-state index is 13.5. The van der Waals surface area contributed by atoms with E-state index in [2.05, 4.69) is 26.2 Å². The summed E-state index contributed by atoms with van der Waals surface area (Å²) in [5.41, 5.74) is 5.89. The molecule has 1 aromatic carbocycles. The maximum Gasteiger partial charge on any atom is 0.255 e. The molecule has 0 radical (unpaired) electrons. The van der Waals surface area contributed by atoms with Crippen LogP contribution in [-0.4, -0.2) is 10.9 Å². The molecule has 18 heavy (non-hydrogen) atoms. The Morgan fingerprint density at radius 1 is 1.33 bits per heavy atom. The maximum atomic E-state index is 13.5. The molecule has 0 fully saturated rings. The molecule has 2 aromatic rings. The summed E-state index contributed by atoms with van der Waals surface area (Å²) in [5.74, 6) is -0.716. The minimum absolute atomic E-state index is 0.102. The first-order chi connectivity index (χ1) is 8.56. The Bertz CT molecular complexity index is 604. The summed E-state index contributed by atoms with van der Waals surface area (Å²) in [6.45, 7) is 0. The Morgan fingerprint density at radius 2 is 2.11 bits per heavy atom. The van der Waals surface area contributed by atoms with Crippen LogP contribution in [0.2, 0.25) is 0 Å². The molecule has 3 N–H and O–H groups in total. The fourth-order valence-electron chi connectivity index (χ4n) is 1.38. The van der Waals surface area contributed by atoms with E-state index < -0.39 is 11.7 Å². The van der Waals surface area contributed by atoms with Crippen LogP contribution in [0.1, 0.15) is 10.4 Å². The standard InChI is InChI=1S/C12H9BrFN3O/c13-8-1-2-9(14)10(6-8)17-12(18)7-3-4-16-11(15)5-7/h1-6H,(H2,15,16)(H,17,18). The van der Waals surface area contributed by atoms with Gasteiger partial charge in [0.05, 0.1) is 5.69 Å². The van der Waals surface area contributed by atoms with Gasteiger partial charge in [0, 0.05) is 16.2 Å². The van der Waals surface area contributed by atoms with E-state index >= 15 is 0 Å². The van der Waals surface area contributed by atoms with Crippen molar-refractivity contribution >= 4 is 33.3 Å². The number of hydrogen-bond donors (Lipinski definition) is 2. The fraction of sp³-hybridized carbons (Fsp3) is 0. The number of aromatic nitrogens is 1. The second-order valence-electron chi connectivity index (χ2n) is 3.55. The first kappa shape index (κ1) is 12.5. The summed E-state index contributed by atoms with van der Waals surface area (Å²) in [6.07, 6.45) is 1.42. The molecule has 0 saturated carbocycles. The zero-order valence-electron chi connectivity index (χ0n) is 9.15. The van der Waals surface area contributed by atoms with Crippen molar-refractivity contribution in [1.29, 1.82) is 0 Å². The number of hydrogen-bond acceptors (Lipinski definition) is 3. The second-order valence-corrected chi connectivity index (χ2v) is 4.46. The lowest BCUT2D eigenvalue weighted by atomic mass is 10.2. The number of benzene rings is 1. The molecular formula is C12H9BrFN3O. The second kappa shape index (κ2) is 5.14. The number of nitrogens with zero attached hydrogens (tertiary/aromatic N) is 1. The molecular weight excluding hydrogens is 301 g/mol. The number of halogens is 2. The molecule has 0 atom stereocenters. The van der Waals surface area contributed by atoms with Gasteiger partial charge in [-0.15, -0.1) is 0 Å². The van der Waals surface area contributed by atoms with Gasteiger partial charge in [-0.2, -0.15) is 0 Å². The molecule has 1 heterocycles. The van der Waals surface area contributed by atoms with Crippen LogP contribution in [0.5, 0.6) is 0 Å². The average molecular weight is 310 g/mol. The van der Waals surface area contributed by atoms with Crippen LogP contribution in [0.25, 0.3) is 0 Å². The van der Waals surface area contributed by atoms with Crippen LogP contribution >= 0.6 is 15.9 Å². The molecule has 1 amide bonds. The molecule has 0 aliphatic carbocycles. The minimum atomic E-state index is -0.506. The molecule has 0 unspecified atom stereocenters. The number of nitrogens with one attached hydrogen (secondary N) is 1. The third-order valence-electron chi connectivity index (χ3n) is 2.22. The van der Waals surface area contributed by atoms with Gasteiger partial charge in [0.2, 0.25) is 0 Å². The van der Waals surface area contributed by atoms with E-state index in [0.29, 0.717) is 10.0 Å². The van der Waals surface area contributed by atoms with E-state index in [1.165, 1.54) is 30.5 Å². The van der Waals surface area contributed by atoms with Crippen LogP contribution in [0.3, 0.4) is 0 Å². The van der Waals surface area contributed by atoms with Gasteiger partial charge in [0.25, 0.3) is 5.91 Å². The Labute approximate surface area is 111 Å². The number of nitrogen functional groups attached to an aromatic ring is 1. The number of amides is 1. The highest BCUT2D eigenvalue weighted by atomic mass is 79.9. The lowest BCUT2D eigenvalue weighted by Crippen LogP contribution is -2.13. The fourth-order valence-corrected chi connectivity index (χ4v) is 1.74. The Kier molecular flexibility index (Phi) is 3.57. The van der Waals surface area contributed by atoms with E-state index in [1.54, 1.807) is 6.07 Å². The quantitative estimate of drug-likeness (QED) is 0.896. The predicted molar refractivity (Wildman–Crippen MR) is 70.7 cm³/mol. The zero-order valence-corrected chi connectivity index (χ0v) is 10.7. The molecule has 92 valence electrons. The number of carbonyl (C=O) groups excluding carboxylic acids is 1. The lowest BCUT2D eigenvalue weighted by Gasteiger charge is -2.07. The molecule has 6 heteroatoms. The van der Waals surface area contributed by atoms with E-state index in [1.807, 2.05) is 0 Å². The molecule has 4 nitrogen and oxygen atoms in total.